The van der Waals surface area contributed by atoms with Gasteiger partial charge in [0.1, 0.15) is 28.6 Å². The number of carbonyl (C=O) groups is 1. The molecule has 1 aromatic heterocycles. The number of carboxylic acids is 1. The minimum Gasteiger partial charge on any atom is -0.496 e. The van der Waals surface area contributed by atoms with E-state index in [2.05, 4.69) is 19.5 Å². The van der Waals surface area contributed by atoms with Crippen molar-refractivity contribution in [2.24, 2.45) is 0 Å². The number of aromatic nitrogens is 1. The van der Waals surface area contributed by atoms with E-state index in [0.29, 0.717) is 17.3 Å². The summed E-state index contributed by atoms with van der Waals surface area (Å²) in [6.45, 7) is 1.92. The summed E-state index contributed by atoms with van der Waals surface area (Å²) in [5, 5.41) is 14.5. The van der Waals surface area contributed by atoms with Crippen molar-refractivity contribution in [3.63, 3.8) is 0 Å². The molecule has 1 heterocycles. The Morgan fingerprint density at radius 1 is 0.968 bits per heavy atom. The van der Waals surface area contributed by atoms with Gasteiger partial charge in [-0.25, -0.2) is 9.78 Å². The monoisotopic (exact) mass is 434 g/mol. The van der Waals surface area contributed by atoms with E-state index >= 15 is 0 Å². The van der Waals surface area contributed by atoms with Crippen molar-refractivity contribution in [1.82, 2.24) is 4.98 Å². The van der Waals surface area contributed by atoms with Crippen LogP contribution in [0.15, 0.2) is 79.0 Å². The molecule has 31 heavy (non-hydrogen) atoms. The summed E-state index contributed by atoms with van der Waals surface area (Å²) in [6.07, 6.45) is 1.64. The van der Waals surface area contributed by atoms with E-state index in [9.17, 15) is 9.90 Å². The van der Waals surface area contributed by atoms with Crippen LogP contribution < -0.4 is 14.8 Å². The molecular weight excluding hydrogens is 411 g/mol. The van der Waals surface area contributed by atoms with E-state index in [4.69, 9.17) is 9.47 Å². The molecule has 3 aromatic carbocycles. The number of hydrogen-bond donors (Lipinski definition) is 2. The molecule has 4 rings (SSSR count). The quantitative estimate of drug-likeness (QED) is 0.364. The smallest absolute Gasteiger partial charge is 0.339 e. The van der Waals surface area contributed by atoms with Gasteiger partial charge in [-0.05, 0) is 29.7 Å². The summed E-state index contributed by atoms with van der Waals surface area (Å²) >= 11 is 0. The largest absolute Gasteiger partial charge is 0.496 e. The summed E-state index contributed by atoms with van der Waals surface area (Å²) in [5.41, 5.74) is 0.751. The van der Waals surface area contributed by atoms with Crippen molar-refractivity contribution >= 4 is 37.5 Å². The van der Waals surface area contributed by atoms with E-state index in [0.717, 1.165) is 16.5 Å². The molecule has 0 fully saturated rings. The van der Waals surface area contributed by atoms with E-state index in [1.807, 2.05) is 49.1 Å². The molecule has 0 saturated heterocycles. The molecule has 6 nitrogen and oxygen atoms in total. The molecule has 0 aliphatic carbocycles. The summed E-state index contributed by atoms with van der Waals surface area (Å²) < 4.78 is 11.2. The molecule has 0 saturated carbocycles. The topological polar surface area (TPSA) is 80.7 Å². The zero-order chi connectivity index (χ0) is 22.2. The van der Waals surface area contributed by atoms with Crippen LogP contribution in [0.5, 0.6) is 17.2 Å². The molecule has 4 aromatic rings. The highest BCUT2D eigenvalue weighted by molar-refractivity contribution is 7.15. The summed E-state index contributed by atoms with van der Waals surface area (Å²) in [7, 11) is 3.85. The highest BCUT2D eigenvalue weighted by Gasteiger charge is 2.12. The minimum absolute atomic E-state index is 0.0963. The van der Waals surface area contributed by atoms with Gasteiger partial charge in [0.05, 0.1) is 7.11 Å². The number of aromatic carboxylic acids is 1. The van der Waals surface area contributed by atoms with Crippen molar-refractivity contribution in [2.75, 3.05) is 19.1 Å². The molecule has 0 aliphatic heterocycles. The van der Waals surface area contributed by atoms with Gasteiger partial charge in [0.15, 0.2) is 0 Å². The van der Waals surface area contributed by atoms with Gasteiger partial charge < -0.3 is 19.9 Å². The van der Waals surface area contributed by atoms with Gasteiger partial charge in [-0.2, -0.15) is 0 Å². The van der Waals surface area contributed by atoms with E-state index in [1.165, 1.54) is 13.2 Å². The van der Waals surface area contributed by atoms with E-state index in [-0.39, 0.29) is 11.3 Å². The van der Waals surface area contributed by atoms with Crippen LogP contribution in [0.2, 0.25) is 0 Å². The second-order valence-corrected chi connectivity index (χ2v) is 6.30. The lowest BCUT2D eigenvalue weighted by Crippen LogP contribution is -2.01. The number of anilines is 2. The van der Waals surface area contributed by atoms with Crippen LogP contribution in [0.3, 0.4) is 0 Å². The van der Waals surface area contributed by atoms with Crippen LogP contribution in [0.1, 0.15) is 10.4 Å². The molecule has 1 atom stereocenters. The van der Waals surface area contributed by atoms with Crippen molar-refractivity contribution in [3.8, 4) is 17.2 Å². The van der Waals surface area contributed by atoms with E-state index in [1.54, 1.807) is 30.5 Å². The predicted octanol–water partition coefficient (Wildman–Crippen LogP) is 5.97. The van der Waals surface area contributed by atoms with Gasteiger partial charge in [0.25, 0.3) is 0 Å². The Labute approximate surface area is 183 Å². The van der Waals surface area contributed by atoms with Gasteiger partial charge in [0.2, 0.25) is 0 Å². The zero-order valence-electron chi connectivity index (χ0n) is 17.2. The normalized spacial score (nSPS) is 10.0. The van der Waals surface area contributed by atoms with Crippen LogP contribution in [-0.4, -0.2) is 29.8 Å². The molecule has 0 bridgehead atoms. The second-order valence-electron chi connectivity index (χ2n) is 6.30. The average molecular weight is 434 g/mol. The molecule has 7 heteroatoms. The Hall–Kier alpha value is -3.63. The maximum absolute atomic E-state index is 11.2. The Balaban J connectivity index is 0.00000132. The first-order chi connectivity index (χ1) is 15.1. The van der Waals surface area contributed by atoms with Gasteiger partial charge in [-0.3, -0.25) is 0 Å². The molecule has 158 valence electrons. The number of nitrogens with zero attached hydrogens (tertiary/aromatic N) is 1. The average Bonchev–Trinajstić information content (AvgIpc) is 2.80. The van der Waals surface area contributed by atoms with Crippen molar-refractivity contribution in [3.05, 3.63) is 84.6 Å². The lowest BCUT2D eigenvalue weighted by molar-refractivity contribution is 0.0693. The standard InChI is InChI=1S/C23H18N2O4.CH5P/c1-28-21-13-16(9-10-19(21)23(26)27)25-22-14-17(11-12-24-22)29-20-8-4-6-15-5-2-3-7-18(15)20;1-2/h2-14H,1H3,(H,24,25)(H,26,27);2H2,1H3. The molecule has 0 amide bonds. The fourth-order valence-electron chi connectivity index (χ4n) is 3.05. The number of hydrogen-bond acceptors (Lipinski definition) is 5. The maximum atomic E-state index is 11.2. The van der Waals surface area contributed by atoms with Gasteiger partial charge in [-0.1, -0.05) is 43.1 Å². The number of methoxy groups -OCH3 is 1. The lowest BCUT2D eigenvalue weighted by Gasteiger charge is -2.12. The number of carboxylic acid groups (broad SMARTS) is 1. The van der Waals surface area contributed by atoms with Crippen molar-refractivity contribution in [2.45, 2.75) is 0 Å². The minimum atomic E-state index is -1.04. The lowest BCUT2D eigenvalue weighted by atomic mass is 10.1. The number of nitrogens with one attached hydrogen (secondary N) is 1. The third kappa shape index (κ3) is 5.30. The number of fused-ring (bicyclic) bond motifs is 1. The summed E-state index contributed by atoms with van der Waals surface area (Å²) in [6, 6.07) is 22.2. The highest BCUT2D eigenvalue weighted by atomic mass is 31.0. The fraction of sp³-hybridized carbons (Fsp3) is 0.0833. The Morgan fingerprint density at radius 2 is 1.74 bits per heavy atom. The summed E-state index contributed by atoms with van der Waals surface area (Å²) in [5.74, 6) is 1.18. The maximum Gasteiger partial charge on any atom is 0.339 e. The molecule has 0 aliphatic rings. The van der Waals surface area contributed by atoms with Gasteiger partial charge >= 0.3 is 5.97 Å². The van der Waals surface area contributed by atoms with Crippen LogP contribution >= 0.6 is 9.24 Å². The third-order valence-electron chi connectivity index (χ3n) is 4.41. The first kappa shape index (κ1) is 22.1. The third-order valence-corrected chi connectivity index (χ3v) is 4.41. The van der Waals surface area contributed by atoms with Gasteiger partial charge in [0, 0.05) is 29.4 Å². The Morgan fingerprint density at radius 3 is 2.52 bits per heavy atom. The van der Waals surface area contributed by atoms with Crippen molar-refractivity contribution in [1.29, 1.82) is 0 Å². The number of benzene rings is 3. The number of rotatable bonds is 6. The molecule has 1 unspecified atom stereocenters. The first-order valence-electron chi connectivity index (χ1n) is 9.52. The van der Waals surface area contributed by atoms with Crippen LogP contribution in [0, 0.1) is 0 Å². The van der Waals surface area contributed by atoms with Crippen LogP contribution in [0.4, 0.5) is 11.5 Å². The van der Waals surface area contributed by atoms with E-state index < -0.39 is 5.97 Å². The van der Waals surface area contributed by atoms with Crippen LogP contribution in [0.25, 0.3) is 10.8 Å². The Bertz CT molecular complexity index is 1190. The predicted molar refractivity (Wildman–Crippen MR) is 127 cm³/mol. The SMILES string of the molecule is COc1cc(Nc2cc(Oc3cccc4ccccc34)ccn2)ccc1C(=O)O.CP. The number of pyridine rings is 1. The zero-order valence-corrected chi connectivity index (χ0v) is 18.4. The highest BCUT2D eigenvalue weighted by Crippen LogP contribution is 2.31. The Kier molecular flexibility index (Phi) is 7.41. The molecule has 0 spiro atoms. The number of ether oxygens (including phenoxy) is 2. The van der Waals surface area contributed by atoms with Crippen molar-refractivity contribution < 1.29 is 19.4 Å². The van der Waals surface area contributed by atoms with Gasteiger partial charge in [-0.15, -0.1) is 9.24 Å². The molecule has 2 N–H and O–H groups in total. The second kappa shape index (κ2) is 10.4. The first-order valence-corrected chi connectivity index (χ1v) is 10.7. The molecular formula is C24H23N2O4P. The van der Waals surface area contributed by atoms with Crippen LogP contribution in [-0.2, 0) is 0 Å². The fourth-order valence-corrected chi connectivity index (χ4v) is 3.05. The molecule has 0 radical (unpaired) electrons. The summed E-state index contributed by atoms with van der Waals surface area (Å²) in [4.78, 5) is 15.5.